The van der Waals surface area contributed by atoms with Crippen molar-refractivity contribution in [2.24, 2.45) is 0 Å². The van der Waals surface area contributed by atoms with Gasteiger partial charge >= 0.3 is 0 Å². The summed E-state index contributed by atoms with van der Waals surface area (Å²) in [6.45, 7) is 10.5. The van der Waals surface area contributed by atoms with Gasteiger partial charge in [-0.25, -0.2) is 0 Å². The predicted molar refractivity (Wildman–Crippen MR) is 78.6 cm³/mol. The third-order valence-electron chi connectivity index (χ3n) is 2.91. The molecule has 0 spiro atoms. The third-order valence-corrected chi connectivity index (χ3v) is 2.91. The number of hydrogen-bond donors (Lipinski definition) is 3. The Labute approximate surface area is 115 Å². The molecule has 3 N–H and O–H groups in total. The van der Waals surface area contributed by atoms with Gasteiger partial charge in [0, 0.05) is 29.8 Å². The van der Waals surface area contributed by atoms with E-state index in [4.69, 9.17) is 0 Å². The first-order valence-electron chi connectivity index (χ1n) is 6.55. The lowest BCUT2D eigenvalue weighted by atomic mass is 10.1. The first kappa shape index (κ1) is 15.5. The minimum Gasteiger partial charge on any atom is -0.507 e. The number of benzene rings is 1. The standard InChI is InChI=1S/C15H24N2O2/c1-10-6-7-12(11(2)14(10)19)17-13(18)8-9-16-15(3,4)5/h6-7,16,19H,8-9H2,1-5H3,(H,17,18). The summed E-state index contributed by atoms with van der Waals surface area (Å²) in [7, 11) is 0. The molecule has 106 valence electrons. The van der Waals surface area contributed by atoms with Crippen molar-refractivity contribution in [2.75, 3.05) is 11.9 Å². The van der Waals surface area contributed by atoms with Crippen LogP contribution in [0.1, 0.15) is 38.3 Å². The van der Waals surface area contributed by atoms with Crippen molar-refractivity contribution in [1.82, 2.24) is 5.32 Å². The second kappa shape index (κ2) is 6.06. The Bertz CT molecular complexity index is 462. The van der Waals surface area contributed by atoms with Crippen LogP contribution in [0.4, 0.5) is 5.69 Å². The first-order valence-corrected chi connectivity index (χ1v) is 6.55. The van der Waals surface area contributed by atoms with Crippen LogP contribution in [0.25, 0.3) is 0 Å². The van der Waals surface area contributed by atoms with Gasteiger partial charge in [0.1, 0.15) is 5.75 Å². The Balaban J connectivity index is 2.56. The van der Waals surface area contributed by atoms with E-state index in [0.29, 0.717) is 24.2 Å². The molecule has 1 aromatic rings. The van der Waals surface area contributed by atoms with Crippen molar-refractivity contribution in [3.05, 3.63) is 23.3 Å². The SMILES string of the molecule is Cc1ccc(NC(=O)CCNC(C)(C)C)c(C)c1O. The van der Waals surface area contributed by atoms with Crippen molar-refractivity contribution in [3.8, 4) is 5.75 Å². The second-order valence-corrected chi connectivity index (χ2v) is 5.88. The fourth-order valence-electron chi connectivity index (χ4n) is 1.73. The molecule has 0 unspecified atom stereocenters. The number of amides is 1. The molecule has 1 aromatic carbocycles. The van der Waals surface area contributed by atoms with E-state index < -0.39 is 0 Å². The summed E-state index contributed by atoms with van der Waals surface area (Å²) in [6.07, 6.45) is 0.408. The number of aromatic hydroxyl groups is 1. The molecule has 4 heteroatoms. The topological polar surface area (TPSA) is 61.4 Å². The van der Waals surface area contributed by atoms with Gasteiger partial charge in [-0.05, 0) is 46.2 Å². The molecule has 1 amide bonds. The molecule has 19 heavy (non-hydrogen) atoms. The van der Waals surface area contributed by atoms with Gasteiger partial charge in [0.05, 0.1) is 0 Å². The molecule has 0 aromatic heterocycles. The number of hydrogen-bond acceptors (Lipinski definition) is 3. The molecule has 0 bridgehead atoms. The molecule has 1 rings (SSSR count). The fraction of sp³-hybridized carbons (Fsp3) is 0.533. The van der Waals surface area contributed by atoms with Crippen molar-refractivity contribution < 1.29 is 9.90 Å². The average Bonchev–Trinajstić information content (AvgIpc) is 2.28. The van der Waals surface area contributed by atoms with Crippen LogP contribution in [0.5, 0.6) is 5.75 Å². The Morgan fingerprint density at radius 2 is 1.89 bits per heavy atom. The van der Waals surface area contributed by atoms with Crippen LogP contribution >= 0.6 is 0 Å². The summed E-state index contributed by atoms with van der Waals surface area (Å²) >= 11 is 0. The van der Waals surface area contributed by atoms with E-state index in [1.165, 1.54) is 0 Å². The van der Waals surface area contributed by atoms with Gasteiger partial charge in [0.15, 0.2) is 0 Å². The Hall–Kier alpha value is -1.55. The highest BCUT2D eigenvalue weighted by molar-refractivity contribution is 5.92. The monoisotopic (exact) mass is 264 g/mol. The molecule has 0 aliphatic carbocycles. The molecule has 0 heterocycles. The lowest BCUT2D eigenvalue weighted by molar-refractivity contribution is -0.116. The first-order chi connectivity index (χ1) is 8.70. The molecule has 0 aliphatic rings. The quantitative estimate of drug-likeness (QED) is 0.783. The van der Waals surface area contributed by atoms with Crippen LogP contribution in [-0.2, 0) is 4.79 Å². The Kier molecular flexibility index (Phi) is 4.95. The van der Waals surface area contributed by atoms with Crippen LogP contribution in [-0.4, -0.2) is 23.1 Å². The molecule has 0 saturated heterocycles. The van der Waals surface area contributed by atoms with E-state index in [2.05, 4.69) is 31.4 Å². The van der Waals surface area contributed by atoms with Crippen molar-refractivity contribution in [1.29, 1.82) is 0 Å². The number of anilines is 1. The van der Waals surface area contributed by atoms with Crippen LogP contribution in [0.15, 0.2) is 12.1 Å². The number of rotatable bonds is 4. The molecule has 0 saturated carbocycles. The number of nitrogens with one attached hydrogen (secondary N) is 2. The van der Waals surface area contributed by atoms with Crippen LogP contribution in [0, 0.1) is 13.8 Å². The normalized spacial score (nSPS) is 11.4. The van der Waals surface area contributed by atoms with Crippen LogP contribution in [0.2, 0.25) is 0 Å². The summed E-state index contributed by atoms with van der Waals surface area (Å²) in [5.41, 5.74) is 2.20. The van der Waals surface area contributed by atoms with E-state index >= 15 is 0 Å². The number of aryl methyl sites for hydroxylation is 1. The Morgan fingerprint density at radius 3 is 2.47 bits per heavy atom. The predicted octanol–water partition coefficient (Wildman–Crippen LogP) is 2.73. The number of carbonyl (C=O) groups excluding carboxylic acids is 1. The summed E-state index contributed by atoms with van der Waals surface area (Å²) in [6, 6.07) is 3.62. The molecule has 0 aliphatic heterocycles. The van der Waals surface area contributed by atoms with E-state index in [-0.39, 0.29) is 17.2 Å². The van der Waals surface area contributed by atoms with Gasteiger partial charge in [0.2, 0.25) is 5.91 Å². The van der Waals surface area contributed by atoms with Gasteiger partial charge < -0.3 is 15.7 Å². The van der Waals surface area contributed by atoms with E-state index in [9.17, 15) is 9.90 Å². The highest BCUT2D eigenvalue weighted by Gasteiger charge is 2.11. The minimum absolute atomic E-state index is 0.0122. The molecule has 0 atom stereocenters. The average molecular weight is 264 g/mol. The summed E-state index contributed by atoms with van der Waals surface area (Å²) in [5.74, 6) is 0.189. The van der Waals surface area contributed by atoms with Crippen LogP contribution < -0.4 is 10.6 Å². The Morgan fingerprint density at radius 1 is 1.26 bits per heavy atom. The zero-order valence-electron chi connectivity index (χ0n) is 12.4. The number of phenols is 1. The largest absolute Gasteiger partial charge is 0.507 e. The maximum Gasteiger partial charge on any atom is 0.225 e. The van der Waals surface area contributed by atoms with Crippen LogP contribution in [0.3, 0.4) is 0 Å². The molecular formula is C15H24N2O2. The maximum absolute atomic E-state index is 11.8. The van der Waals surface area contributed by atoms with E-state index in [1.54, 1.807) is 13.0 Å². The smallest absolute Gasteiger partial charge is 0.225 e. The second-order valence-electron chi connectivity index (χ2n) is 5.88. The van der Waals surface area contributed by atoms with Gasteiger partial charge in [-0.15, -0.1) is 0 Å². The van der Waals surface area contributed by atoms with Crippen molar-refractivity contribution in [2.45, 2.75) is 46.6 Å². The summed E-state index contributed by atoms with van der Waals surface area (Å²) in [4.78, 5) is 11.8. The maximum atomic E-state index is 11.8. The zero-order chi connectivity index (χ0) is 14.6. The molecular weight excluding hydrogens is 240 g/mol. The van der Waals surface area contributed by atoms with Gasteiger partial charge in [-0.1, -0.05) is 6.07 Å². The third kappa shape index (κ3) is 4.91. The summed E-state index contributed by atoms with van der Waals surface area (Å²) < 4.78 is 0. The lowest BCUT2D eigenvalue weighted by Gasteiger charge is -2.20. The highest BCUT2D eigenvalue weighted by Crippen LogP contribution is 2.27. The summed E-state index contributed by atoms with van der Waals surface area (Å²) in [5, 5.41) is 15.9. The zero-order valence-corrected chi connectivity index (χ0v) is 12.4. The lowest BCUT2D eigenvalue weighted by Crippen LogP contribution is -2.37. The van der Waals surface area contributed by atoms with Gasteiger partial charge in [0.25, 0.3) is 0 Å². The van der Waals surface area contributed by atoms with E-state index in [0.717, 1.165) is 5.56 Å². The molecule has 0 radical (unpaired) electrons. The van der Waals surface area contributed by atoms with Gasteiger partial charge in [-0.2, -0.15) is 0 Å². The van der Waals surface area contributed by atoms with Crippen molar-refractivity contribution in [3.63, 3.8) is 0 Å². The number of carbonyl (C=O) groups is 1. The number of phenolic OH excluding ortho intramolecular Hbond substituents is 1. The molecule has 4 nitrogen and oxygen atoms in total. The van der Waals surface area contributed by atoms with Crippen molar-refractivity contribution >= 4 is 11.6 Å². The van der Waals surface area contributed by atoms with Gasteiger partial charge in [-0.3, -0.25) is 4.79 Å². The fourth-order valence-corrected chi connectivity index (χ4v) is 1.73. The van der Waals surface area contributed by atoms with E-state index in [1.807, 2.05) is 13.0 Å². The molecule has 0 fully saturated rings. The minimum atomic E-state index is -0.0527. The highest BCUT2D eigenvalue weighted by atomic mass is 16.3.